The maximum absolute atomic E-state index is 5.19. The van der Waals surface area contributed by atoms with Gasteiger partial charge in [0, 0.05) is 38.4 Å². The molecule has 50 heavy (non-hydrogen) atoms. The third-order valence-electron chi connectivity index (χ3n) is 9.57. The molecular weight excluding hydrogens is 611 g/mol. The van der Waals surface area contributed by atoms with Crippen LogP contribution in [-0.2, 0) is 0 Å². The van der Waals surface area contributed by atoms with Gasteiger partial charge in [-0.1, -0.05) is 140 Å². The molecule has 5 heteroatoms. The summed E-state index contributed by atoms with van der Waals surface area (Å²) in [5.74, 6) is 1.83. The zero-order valence-electron chi connectivity index (χ0n) is 27.0. The van der Waals surface area contributed by atoms with E-state index in [1.54, 1.807) is 0 Å². The summed E-state index contributed by atoms with van der Waals surface area (Å²) in [6.07, 6.45) is 0. The standard InChI is InChI=1S/C45H29N5/c1-5-15-30(16-6-1)33-25-27-39-37(29-33)41-40(28-26-36-35-23-13-14-24-38(35)49(42(36)41)34-21-11-4-12-22-34)50(39)45-47-43(31-17-7-2-8-18-31)46-44(48-45)32-19-9-3-10-20-32/h1-29H. The molecule has 0 unspecified atom stereocenters. The molecule has 7 aromatic carbocycles. The Balaban J connectivity index is 1.37. The molecule has 3 heterocycles. The van der Waals surface area contributed by atoms with Crippen molar-refractivity contribution in [2.45, 2.75) is 0 Å². The first-order valence-electron chi connectivity index (χ1n) is 16.8. The average molecular weight is 640 g/mol. The Kier molecular flexibility index (Phi) is 6.42. The van der Waals surface area contributed by atoms with Crippen molar-refractivity contribution in [2.24, 2.45) is 0 Å². The van der Waals surface area contributed by atoms with E-state index in [-0.39, 0.29) is 0 Å². The summed E-state index contributed by atoms with van der Waals surface area (Å²) in [5, 5.41) is 4.70. The van der Waals surface area contributed by atoms with Gasteiger partial charge in [-0.15, -0.1) is 0 Å². The summed E-state index contributed by atoms with van der Waals surface area (Å²) in [6.45, 7) is 0. The van der Waals surface area contributed by atoms with Crippen molar-refractivity contribution in [3.63, 3.8) is 0 Å². The van der Waals surface area contributed by atoms with Crippen molar-refractivity contribution in [3.05, 3.63) is 176 Å². The van der Waals surface area contributed by atoms with Gasteiger partial charge in [-0.25, -0.2) is 4.98 Å². The van der Waals surface area contributed by atoms with Gasteiger partial charge in [-0.3, -0.25) is 4.57 Å². The highest BCUT2D eigenvalue weighted by Crippen LogP contribution is 2.43. The molecule has 0 aliphatic rings. The normalized spacial score (nSPS) is 11.6. The number of fused-ring (bicyclic) bond motifs is 7. The molecule has 0 radical (unpaired) electrons. The molecule has 0 atom stereocenters. The van der Waals surface area contributed by atoms with E-state index in [1.165, 1.54) is 21.9 Å². The van der Waals surface area contributed by atoms with Crippen LogP contribution < -0.4 is 0 Å². The highest BCUT2D eigenvalue weighted by Gasteiger charge is 2.23. The molecule has 10 aromatic rings. The van der Waals surface area contributed by atoms with Crippen LogP contribution in [0.3, 0.4) is 0 Å². The number of benzene rings is 7. The quantitative estimate of drug-likeness (QED) is 0.188. The summed E-state index contributed by atoms with van der Waals surface area (Å²) >= 11 is 0. The largest absolute Gasteiger partial charge is 0.309 e. The second kappa shape index (κ2) is 11.4. The Morgan fingerprint density at radius 3 is 1.54 bits per heavy atom. The predicted octanol–water partition coefficient (Wildman–Crippen LogP) is 11.1. The lowest BCUT2D eigenvalue weighted by Gasteiger charge is -2.11. The number of aromatic nitrogens is 5. The third kappa shape index (κ3) is 4.45. The van der Waals surface area contributed by atoms with E-state index in [0.717, 1.165) is 49.7 Å². The van der Waals surface area contributed by atoms with E-state index in [2.05, 4.69) is 124 Å². The van der Waals surface area contributed by atoms with Crippen molar-refractivity contribution in [2.75, 3.05) is 0 Å². The van der Waals surface area contributed by atoms with Crippen LogP contribution in [0.5, 0.6) is 0 Å². The summed E-state index contributed by atoms with van der Waals surface area (Å²) in [5.41, 5.74) is 9.70. The van der Waals surface area contributed by atoms with Crippen LogP contribution in [0.4, 0.5) is 0 Å². The summed E-state index contributed by atoms with van der Waals surface area (Å²) in [6, 6.07) is 61.4. The molecule has 0 aliphatic heterocycles. The second-order valence-corrected chi connectivity index (χ2v) is 12.5. The van der Waals surface area contributed by atoms with E-state index in [1.807, 2.05) is 60.7 Å². The smallest absolute Gasteiger partial charge is 0.238 e. The topological polar surface area (TPSA) is 48.5 Å². The predicted molar refractivity (Wildman–Crippen MR) is 205 cm³/mol. The lowest BCUT2D eigenvalue weighted by atomic mass is 10.0. The molecule has 0 fully saturated rings. The molecule has 0 saturated heterocycles. The van der Waals surface area contributed by atoms with Gasteiger partial charge in [0.15, 0.2) is 11.6 Å². The molecule has 10 rings (SSSR count). The Morgan fingerprint density at radius 2 is 0.880 bits per heavy atom. The average Bonchev–Trinajstić information content (AvgIpc) is 3.71. The fraction of sp³-hybridized carbons (Fsp3) is 0. The van der Waals surface area contributed by atoms with Gasteiger partial charge < -0.3 is 4.57 Å². The van der Waals surface area contributed by atoms with E-state index < -0.39 is 0 Å². The molecule has 0 bridgehead atoms. The van der Waals surface area contributed by atoms with Crippen molar-refractivity contribution in [1.82, 2.24) is 24.1 Å². The zero-order chi connectivity index (χ0) is 33.0. The highest BCUT2D eigenvalue weighted by atomic mass is 15.2. The SMILES string of the molecule is c1ccc(-c2ccc3c(c2)c2c(ccc4c5ccccc5n(-c5ccccc5)c42)n3-c2nc(-c3ccccc3)nc(-c3ccccc3)n2)cc1. The number of nitrogens with zero attached hydrogens (tertiary/aromatic N) is 5. The Bertz CT molecular complexity index is 2780. The molecule has 0 amide bonds. The van der Waals surface area contributed by atoms with Crippen molar-refractivity contribution in [3.8, 4) is 45.5 Å². The minimum atomic E-state index is 0.576. The summed E-state index contributed by atoms with van der Waals surface area (Å²) in [7, 11) is 0. The van der Waals surface area contributed by atoms with Crippen LogP contribution in [0, 0.1) is 0 Å². The molecule has 0 saturated carbocycles. The summed E-state index contributed by atoms with van der Waals surface area (Å²) < 4.78 is 4.62. The van der Waals surface area contributed by atoms with Crippen molar-refractivity contribution >= 4 is 43.6 Å². The van der Waals surface area contributed by atoms with Crippen LogP contribution in [0.25, 0.3) is 89.2 Å². The molecule has 234 valence electrons. The van der Waals surface area contributed by atoms with Crippen LogP contribution in [0.15, 0.2) is 176 Å². The Labute approximate surface area is 288 Å². The molecule has 0 spiro atoms. The van der Waals surface area contributed by atoms with Gasteiger partial charge in [0.1, 0.15) is 0 Å². The fourth-order valence-electron chi connectivity index (χ4n) is 7.33. The lowest BCUT2D eigenvalue weighted by molar-refractivity contribution is 0.953. The van der Waals surface area contributed by atoms with Gasteiger partial charge in [0.25, 0.3) is 0 Å². The number of para-hydroxylation sites is 2. The van der Waals surface area contributed by atoms with Crippen molar-refractivity contribution in [1.29, 1.82) is 0 Å². The van der Waals surface area contributed by atoms with Gasteiger partial charge in [0.05, 0.1) is 22.1 Å². The zero-order valence-corrected chi connectivity index (χ0v) is 27.0. The van der Waals surface area contributed by atoms with E-state index in [4.69, 9.17) is 15.0 Å². The Hall–Kier alpha value is -6.85. The molecule has 5 nitrogen and oxygen atoms in total. The minimum absolute atomic E-state index is 0.576. The van der Waals surface area contributed by atoms with Crippen LogP contribution in [-0.4, -0.2) is 24.1 Å². The first kappa shape index (κ1) is 28.2. The maximum Gasteiger partial charge on any atom is 0.238 e. The number of hydrogen-bond donors (Lipinski definition) is 0. The van der Waals surface area contributed by atoms with Gasteiger partial charge in [0.2, 0.25) is 5.95 Å². The number of hydrogen-bond acceptors (Lipinski definition) is 3. The van der Waals surface area contributed by atoms with E-state index >= 15 is 0 Å². The van der Waals surface area contributed by atoms with E-state index in [0.29, 0.717) is 17.6 Å². The molecule has 3 aromatic heterocycles. The van der Waals surface area contributed by atoms with E-state index in [9.17, 15) is 0 Å². The monoisotopic (exact) mass is 639 g/mol. The minimum Gasteiger partial charge on any atom is -0.309 e. The van der Waals surface area contributed by atoms with Gasteiger partial charge in [-0.05, 0) is 47.5 Å². The highest BCUT2D eigenvalue weighted by molar-refractivity contribution is 6.26. The Morgan fingerprint density at radius 1 is 0.340 bits per heavy atom. The third-order valence-corrected chi connectivity index (χ3v) is 9.57. The number of rotatable bonds is 5. The first-order valence-corrected chi connectivity index (χ1v) is 16.8. The summed E-state index contributed by atoms with van der Waals surface area (Å²) in [4.78, 5) is 15.4. The fourth-order valence-corrected chi connectivity index (χ4v) is 7.33. The van der Waals surface area contributed by atoms with Crippen LogP contribution in [0.2, 0.25) is 0 Å². The second-order valence-electron chi connectivity index (χ2n) is 12.5. The molecular formula is C45H29N5. The molecule has 0 N–H and O–H groups in total. The van der Waals surface area contributed by atoms with Crippen LogP contribution >= 0.6 is 0 Å². The van der Waals surface area contributed by atoms with Crippen molar-refractivity contribution < 1.29 is 0 Å². The van der Waals surface area contributed by atoms with Gasteiger partial charge >= 0.3 is 0 Å². The van der Waals surface area contributed by atoms with Crippen LogP contribution in [0.1, 0.15) is 0 Å². The molecule has 0 aliphatic carbocycles. The first-order chi connectivity index (χ1) is 24.8. The maximum atomic E-state index is 5.19. The lowest BCUT2D eigenvalue weighted by Crippen LogP contribution is -2.06. The van der Waals surface area contributed by atoms with Gasteiger partial charge in [-0.2, -0.15) is 9.97 Å².